The maximum Gasteiger partial charge on any atom is 0.268 e. The first-order chi connectivity index (χ1) is 9.63. The number of methoxy groups -OCH3 is 1. The lowest BCUT2D eigenvalue weighted by Crippen LogP contribution is -2.28. The zero-order valence-corrected chi connectivity index (χ0v) is 12.2. The largest absolute Gasteiger partial charge is 0.497 e. The van der Waals surface area contributed by atoms with Gasteiger partial charge in [0.15, 0.2) is 0 Å². The van der Waals surface area contributed by atoms with Gasteiger partial charge in [-0.05, 0) is 30.2 Å². The van der Waals surface area contributed by atoms with Crippen molar-refractivity contribution < 1.29 is 9.53 Å². The number of halogens is 1. The molecule has 0 aliphatic heterocycles. The molecule has 1 heterocycles. The molecule has 4 nitrogen and oxygen atoms in total. The number of hydrogen-bond acceptors (Lipinski definition) is 2. The van der Waals surface area contributed by atoms with E-state index in [2.05, 4.69) is 10.3 Å². The van der Waals surface area contributed by atoms with E-state index >= 15 is 0 Å². The summed E-state index contributed by atoms with van der Waals surface area (Å²) in [5.41, 5.74) is 1.50. The second-order valence-electron chi connectivity index (χ2n) is 4.44. The molecule has 1 aromatic heterocycles. The Labute approximate surface area is 123 Å². The zero-order chi connectivity index (χ0) is 14.5. The van der Waals surface area contributed by atoms with Crippen LogP contribution < -0.4 is 10.1 Å². The third-order valence-electron chi connectivity index (χ3n) is 3.12. The first-order valence-electron chi connectivity index (χ1n) is 6.42. The van der Waals surface area contributed by atoms with Crippen LogP contribution in [0.15, 0.2) is 36.5 Å². The SMILES string of the molecule is CCC(NC(=O)c1cc(Cl)c[nH]1)c1ccc(OC)cc1. The lowest BCUT2D eigenvalue weighted by atomic mass is 10.0. The molecule has 0 radical (unpaired) electrons. The van der Waals surface area contributed by atoms with Crippen LogP contribution in [0.4, 0.5) is 0 Å². The molecular weight excluding hydrogens is 276 g/mol. The van der Waals surface area contributed by atoms with Gasteiger partial charge in [0.2, 0.25) is 0 Å². The topological polar surface area (TPSA) is 54.1 Å². The number of rotatable bonds is 5. The summed E-state index contributed by atoms with van der Waals surface area (Å²) in [5.74, 6) is 0.630. The van der Waals surface area contributed by atoms with Crippen molar-refractivity contribution in [2.24, 2.45) is 0 Å². The van der Waals surface area contributed by atoms with Gasteiger partial charge in [0.1, 0.15) is 11.4 Å². The summed E-state index contributed by atoms with van der Waals surface area (Å²) in [6.45, 7) is 2.02. The third kappa shape index (κ3) is 3.33. The van der Waals surface area contributed by atoms with Crippen LogP contribution in [0.1, 0.15) is 35.4 Å². The fraction of sp³-hybridized carbons (Fsp3) is 0.267. The first-order valence-corrected chi connectivity index (χ1v) is 6.80. The molecular formula is C15H17ClN2O2. The van der Waals surface area contributed by atoms with Crippen LogP contribution in [0.25, 0.3) is 0 Å². The van der Waals surface area contributed by atoms with Crippen molar-refractivity contribution in [3.63, 3.8) is 0 Å². The minimum Gasteiger partial charge on any atom is -0.497 e. The number of hydrogen-bond donors (Lipinski definition) is 2. The van der Waals surface area contributed by atoms with E-state index in [-0.39, 0.29) is 11.9 Å². The lowest BCUT2D eigenvalue weighted by Gasteiger charge is -2.17. The summed E-state index contributed by atoms with van der Waals surface area (Å²) in [5, 5.41) is 3.50. The van der Waals surface area contributed by atoms with Crippen molar-refractivity contribution in [1.82, 2.24) is 10.3 Å². The Morgan fingerprint density at radius 1 is 1.40 bits per heavy atom. The maximum atomic E-state index is 12.1. The molecule has 0 saturated heterocycles. The molecule has 5 heteroatoms. The van der Waals surface area contributed by atoms with Crippen molar-refractivity contribution in [1.29, 1.82) is 0 Å². The fourth-order valence-electron chi connectivity index (χ4n) is 1.99. The van der Waals surface area contributed by atoms with E-state index in [1.165, 1.54) is 0 Å². The Morgan fingerprint density at radius 2 is 2.10 bits per heavy atom. The van der Waals surface area contributed by atoms with Crippen LogP contribution in [0.2, 0.25) is 5.02 Å². The van der Waals surface area contributed by atoms with Crippen LogP contribution >= 0.6 is 11.6 Å². The van der Waals surface area contributed by atoms with Crippen molar-refractivity contribution in [3.05, 3.63) is 52.8 Å². The highest BCUT2D eigenvalue weighted by molar-refractivity contribution is 6.30. The Hall–Kier alpha value is -1.94. The van der Waals surface area contributed by atoms with Crippen molar-refractivity contribution in [2.45, 2.75) is 19.4 Å². The molecule has 0 spiro atoms. The summed E-state index contributed by atoms with van der Waals surface area (Å²) < 4.78 is 5.13. The van der Waals surface area contributed by atoms with E-state index in [1.54, 1.807) is 19.4 Å². The van der Waals surface area contributed by atoms with Crippen LogP contribution in [0.3, 0.4) is 0 Å². The molecule has 0 fully saturated rings. The molecule has 1 aromatic carbocycles. The number of aromatic amines is 1. The highest BCUT2D eigenvalue weighted by Gasteiger charge is 2.15. The van der Waals surface area contributed by atoms with Gasteiger partial charge in [-0.25, -0.2) is 0 Å². The molecule has 0 bridgehead atoms. The average molecular weight is 293 g/mol. The summed E-state index contributed by atoms with van der Waals surface area (Å²) in [6.07, 6.45) is 2.39. The highest BCUT2D eigenvalue weighted by atomic mass is 35.5. The van der Waals surface area contributed by atoms with E-state index < -0.39 is 0 Å². The predicted octanol–water partition coefficient (Wildman–Crippen LogP) is 3.56. The molecule has 2 aromatic rings. The third-order valence-corrected chi connectivity index (χ3v) is 3.34. The predicted molar refractivity (Wildman–Crippen MR) is 79.3 cm³/mol. The van der Waals surface area contributed by atoms with E-state index in [1.807, 2.05) is 31.2 Å². The molecule has 2 N–H and O–H groups in total. The number of amides is 1. The van der Waals surface area contributed by atoms with Crippen LogP contribution in [0.5, 0.6) is 5.75 Å². The highest BCUT2D eigenvalue weighted by Crippen LogP contribution is 2.20. The smallest absolute Gasteiger partial charge is 0.268 e. The van der Waals surface area contributed by atoms with Crippen LogP contribution in [0, 0.1) is 0 Å². The summed E-state index contributed by atoms with van der Waals surface area (Å²) >= 11 is 5.80. The Bertz CT molecular complexity index is 578. The monoisotopic (exact) mass is 292 g/mol. The Kier molecular flexibility index (Phi) is 4.69. The number of ether oxygens (including phenoxy) is 1. The van der Waals surface area contributed by atoms with Crippen molar-refractivity contribution >= 4 is 17.5 Å². The zero-order valence-electron chi connectivity index (χ0n) is 11.4. The second-order valence-corrected chi connectivity index (χ2v) is 4.88. The lowest BCUT2D eigenvalue weighted by molar-refractivity contribution is 0.0931. The van der Waals surface area contributed by atoms with E-state index in [0.717, 1.165) is 17.7 Å². The second kappa shape index (κ2) is 6.48. The average Bonchev–Trinajstić information content (AvgIpc) is 2.91. The summed E-state index contributed by atoms with van der Waals surface area (Å²) in [4.78, 5) is 14.9. The van der Waals surface area contributed by atoms with Gasteiger partial charge < -0.3 is 15.0 Å². The molecule has 0 aliphatic carbocycles. The number of benzene rings is 1. The van der Waals surface area contributed by atoms with Gasteiger partial charge >= 0.3 is 0 Å². The van der Waals surface area contributed by atoms with Crippen molar-refractivity contribution in [3.8, 4) is 5.75 Å². The maximum absolute atomic E-state index is 12.1. The minimum atomic E-state index is -0.167. The van der Waals surface area contributed by atoms with Gasteiger partial charge in [-0.3, -0.25) is 4.79 Å². The number of H-pyrrole nitrogens is 1. The molecule has 1 unspecified atom stereocenters. The number of aromatic nitrogens is 1. The van der Waals surface area contributed by atoms with E-state index in [9.17, 15) is 4.79 Å². The van der Waals surface area contributed by atoms with Gasteiger partial charge in [-0.15, -0.1) is 0 Å². The molecule has 1 amide bonds. The van der Waals surface area contributed by atoms with Gasteiger partial charge in [0.25, 0.3) is 5.91 Å². The van der Waals surface area contributed by atoms with Crippen LogP contribution in [-0.2, 0) is 0 Å². The van der Waals surface area contributed by atoms with E-state index in [0.29, 0.717) is 10.7 Å². The standard InChI is InChI=1S/C15H17ClN2O2/c1-3-13(10-4-6-12(20-2)7-5-10)18-15(19)14-8-11(16)9-17-14/h4-9,13,17H,3H2,1-2H3,(H,18,19). The molecule has 0 saturated carbocycles. The Balaban J connectivity index is 2.09. The first kappa shape index (κ1) is 14.5. The van der Waals surface area contributed by atoms with Gasteiger partial charge in [-0.1, -0.05) is 30.7 Å². The van der Waals surface area contributed by atoms with Gasteiger partial charge in [0, 0.05) is 6.20 Å². The number of carbonyl (C=O) groups is 1. The summed E-state index contributed by atoms with van der Waals surface area (Å²) in [6, 6.07) is 9.24. The Morgan fingerprint density at radius 3 is 2.60 bits per heavy atom. The number of carbonyl (C=O) groups excluding carboxylic acids is 1. The minimum absolute atomic E-state index is 0.0459. The number of nitrogens with one attached hydrogen (secondary N) is 2. The van der Waals surface area contributed by atoms with E-state index in [4.69, 9.17) is 16.3 Å². The fourth-order valence-corrected chi connectivity index (χ4v) is 2.16. The molecule has 1 atom stereocenters. The quantitative estimate of drug-likeness (QED) is 0.885. The molecule has 0 aliphatic rings. The summed E-state index contributed by atoms with van der Waals surface area (Å²) in [7, 11) is 1.63. The molecule has 2 rings (SSSR count). The van der Waals surface area contributed by atoms with Crippen molar-refractivity contribution in [2.75, 3.05) is 7.11 Å². The normalized spacial score (nSPS) is 11.9. The van der Waals surface area contributed by atoms with Gasteiger partial charge in [-0.2, -0.15) is 0 Å². The molecule has 20 heavy (non-hydrogen) atoms. The molecule has 106 valence electrons. The van der Waals surface area contributed by atoms with Gasteiger partial charge in [0.05, 0.1) is 18.2 Å². The van der Waals surface area contributed by atoms with Crippen LogP contribution in [-0.4, -0.2) is 18.0 Å².